The third-order valence-electron chi connectivity index (χ3n) is 12.8. The number of imidazole rings is 2. The predicted octanol–water partition coefficient (Wildman–Crippen LogP) is 3.11. The highest BCUT2D eigenvalue weighted by Gasteiger charge is 2.48. The van der Waals surface area contributed by atoms with E-state index in [4.69, 9.17) is 25.9 Å². The minimum Gasteiger partial charge on any atom is -0.491 e. The normalized spacial score (nSPS) is 15.2. The van der Waals surface area contributed by atoms with Gasteiger partial charge < -0.3 is 35.7 Å². The van der Waals surface area contributed by atoms with Crippen molar-refractivity contribution >= 4 is 63.6 Å². The van der Waals surface area contributed by atoms with E-state index in [1.165, 1.54) is 12.3 Å². The SMILES string of the molecule is CCn1nc(C)cc1C(=O)Nc1nc2cc(C(N)=O)cnc2n1C/C=C/Cn1c(NC(=O)c2cc(C)nn2CC)nc2cc(C(N)=O)cc(OCCCN3CC4(C3)CN(C(=O)C(CC(C)C)NC)CCO4)c21. The molecule has 2 aliphatic heterocycles. The molecule has 23 nitrogen and oxygen atoms in total. The molecule has 2 saturated heterocycles. The van der Waals surface area contributed by atoms with Crippen molar-refractivity contribution in [2.75, 3.05) is 63.6 Å². The number of aromatic nitrogens is 9. The van der Waals surface area contributed by atoms with Gasteiger partial charge in [-0.2, -0.15) is 10.2 Å². The van der Waals surface area contributed by atoms with Crippen LogP contribution in [0.5, 0.6) is 5.75 Å². The number of aryl methyl sites for hydroxylation is 4. The van der Waals surface area contributed by atoms with Crippen molar-refractivity contribution in [2.24, 2.45) is 17.4 Å². The zero-order valence-electron chi connectivity index (χ0n) is 41.9. The molecule has 2 aliphatic rings. The molecule has 5 aromatic heterocycles. The molecule has 382 valence electrons. The number of hydrogen-bond donors (Lipinski definition) is 5. The number of carbonyl (C=O) groups is 5. The molecular formula is C49H64N16O7. The number of benzene rings is 1. The number of rotatable bonds is 21. The fourth-order valence-corrected chi connectivity index (χ4v) is 9.45. The fourth-order valence-electron chi connectivity index (χ4n) is 9.45. The Kier molecular flexibility index (Phi) is 15.2. The average Bonchev–Trinajstić information content (AvgIpc) is 4.11. The maximum atomic E-state index is 13.9. The van der Waals surface area contributed by atoms with E-state index in [1.807, 2.05) is 37.9 Å². The Hall–Kier alpha value is -7.50. The highest BCUT2D eigenvalue weighted by atomic mass is 16.5. The van der Waals surface area contributed by atoms with Crippen LogP contribution < -0.4 is 32.2 Å². The number of morpholine rings is 1. The summed E-state index contributed by atoms with van der Waals surface area (Å²) in [5, 5.41) is 17.9. The smallest absolute Gasteiger partial charge is 0.276 e. The molecule has 1 atom stereocenters. The van der Waals surface area contributed by atoms with Gasteiger partial charge in [-0.15, -0.1) is 0 Å². The van der Waals surface area contributed by atoms with Gasteiger partial charge >= 0.3 is 0 Å². The van der Waals surface area contributed by atoms with Gasteiger partial charge in [-0.25, -0.2) is 15.0 Å². The Labute approximate surface area is 416 Å². The van der Waals surface area contributed by atoms with Gasteiger partial charge in [0.2, 0.25) is 29.6 Å². The molecule has 0 aliphatic carbocycles. The summed E-state index contributed by atoms with van der Waals surface area (Å²) in [4.78, 5) is 83.9. The number of likely N-dealkylation sites (tertiary alicyclic amines) is 1. The van der Waals surface area contributed by atoms with Gasteiger partial charge in [-0.1, -0.05) is 26.0 Å². The summed E-state index contributed by atoms with van der Waals surface area (Å²) in [6.45, 7) is 16.8. The first kappa shape index (κ1) is 50.9. The maximum Gasteiger partial charge on any atom is 0.276 e. The van der Waals surface area contributed by atoms with Crippen molar-refractivity contribution < 1.29 is 33.4 Å². The number of ether oxygens (including phenoxy) is 2. The van der Waals surface area contributed by atoms with Crippen molar-refractivity contribution in [3.8, 4) is 5.75 Å². The number of fused-ring (bicyclic) bond motifs is 2. The zero-order chi connectivity index (χ0) is 51.4. The van der Waals surface area contributed by atoms with E-state index in [2.05, 4.69) is 54.9 Å². The molecule has 1 aromatic carbocycles. The number of amides is 5. The molecule has 7 N–H and O–H groups in total. The van der Waals surface area contributed by atoms with Gasteiger partial charge in [0.05, 0.1) is 48.3 Å². The molecule has 5 amide bonds. The van der Waals surface area contributed by atoms with E-state index in [0.29, 0.717) is 115 Å². The fraction of sp³-hybridized carbons (Fsp3) is 0.469. The summed E-state index contributed by atoms with van der Waals surface area (Å²) in [6.07, 6.45) is 6.42. The van der Waals surface area contributed by atoms with Crippen LogP contribution in [0, 0.1) is 19.8 Å². The zero-order valence-corrected chi connectivity index (χ0v) is 41.9. The Morgan fingerprint density at radius 2 is 1.42 bits per heavy atom. The van der Waals surface area contributed by atoms with Gasteiger partial charge in [-0.05, 0) is 83.8 Å². The first-order valence-corrected chi connectivity index (χ1v) is 24.3. The highest BCUT2D eigenvalue weighted by Crippen LogP contribution is 2.33. The topological polar surface area (TPSA) is 283 Å². The van der Waals surface area contributed by atoms with Gasteiger partial charge in [0.15, 0.2) is 5.65 Å². The third kappa shape index (κ3) is 10.9. The lowest BCUT2D eigenvalue weighted by Crippen LogP contribution is -2.71. The first-order chi connectivity index (χ1) is 34.5. The van der Waals surface area contributed by atoms with E-state index in [0.717, 1.165) is 6.42 Å². The number of allylic oxidation sites excluding steroid dienone is 2. The second-order valence-corrected chi connectivity index (χ2v) is 18.8. The van der Waals surface area contributed by atoms with Crippen LogP contribution >= 0.6 is 0 Å². The van der Waals surface area contributed by atoms with E-state index in [9.17, 15) is 24.0 Å². The molecule has 1 spiro atoms. The van der Waals surface area contributed by atoms with Crippen LogP contribution in [-0.2, 0) is 35.7 Å². The molecule has 0 saturated carbocycles. The standard InChI is InChI=1S/C49H64N16O7/c1-8-64-37(20-30(5)58-64)44(68)56-47-54-34-22-32(41(50)66)24-39(71-17-12-13-60-26-49(27-60)28-61(16-18-72-49)46(70)36(52-7)19-29(3)4)40(34)62(47)14-10-11-15-63-43-35(23-33(25-53-43)42(51)67)55-48(63)57-45(69)38-21-31(6)59-65(38)9-2/h10-11,20-25,29,36,52H,8-9,12-19,26-28H2,1-7H3,(H2,50,66)(H2,51,67)(H,54,56,68)(H,55,57,69)/b11-10+. The number of likely N-dealkylation sites (N-methyl/N-ethyl adjacent to an activating group) is 1. The molecule has 1 unspecified atom stereocenters. The number of primary amides is 2. The van der Waals surface area contributed by atoms with Crippen LogP contribution in [-0.4, -0.2) is 148 Å². The van der Waals surface area contributed by atoms with Gasteiger partial charge in [0.1, 0.15) is 33.8 Å². The van der Waals surface area contributed by atoms with Crippen LogP contribution in [0.3, 0.4) is 0 Å². The third-order valence-corrected chi connectivity index (χ3v) is 12.8. The monoisotopic (exact) mass is 989 g/mol. The molecular weight excluding hydrogens is 925 g/mol. The lowest BCUT2D eigenvalue weighted by molar-refractivity contribution is -0.190. The number of pyridine rings is 1. The molecule has 7 heterocycles. The summed E-state index contributed by atoms with van der Waals surface area (Å²) >= 11 is 0. The Bertz CT molecular complexity index is 3050. The molecule has 0 bridgehead atoms. The summed E-state index contributed by atoms with van der Waals surface area (Å²) in [5.74, 6) is -1.06. The van der Waals surface area contributed by atoms with E-state index in [-0.39, 0.29) is 54.7 Å². The van der Waals surface area contributed by atoms with Crippen molar-refractivity contribution in [1.29, 1.82) is 0 Å². The lowest BCUT2D eigenvalue weighted by atomic mass is 9.91. The molecule has 6 aromatic rings. The number of hydrogen-bond acceptors (Lipinski definition) is 14. The van der Waals surface area contributed by atoms with Crippen LogP contribution in [0.4, 0.5) is 11.9 Å². The number of nitrogens with one attached hydrogen (secondary N) is 3. The van der Waals surface area contributed by atoms with E-state index in [1.54, 1.807) is 56.6 Å². The quantitative estimate of drug-likeness (QED) is 0.0512. The minimum absolute atomic E-state index is 0.109. The van der Waals surface area contributed by atoms with Gasteiger partial charge in [0, 0.05) is 64.1 Å². The molecule has 2 fully saturated rings. The number of anilines is 2. The predicted molar refractivity (Wildman–Crippen MR) is 269 cm³/mol. The van der Waals surface area contributed by atoms with Crippen molar-refractivity contribution in [3.63, 3.8) is 0 Å². The van der Waals surface area contributed by atoms with Gasteiger partial charge in [0.25, 0.3) is 11.8 Å². The van der Waals surface area contributed by atoms with E-state index >= 15 is 0 Å². The van der Waals surface area contributed by atoms with E-state index < -0.39 is 29.2 Å². The van der Waals surface area contributed by atoms with Crippen LogP contribution in [0.2, 0.25) is 0 Å². The number of nitrogens with two attached hydrogens (primary N) is 2. The first-order valence-electron chi connectivity index (χ1n) is 24.3. The van der Waals surface area contributed by atoms with Crippen LogP contribution in [0.15, 0.2) is 48.7 Å². The molecule has 72 heavy (non-hydrogen) atoms. The largest absolute Gasteiger partial charge is 0.491 e. The lowest BCUT2D eigenvalue weighted by Gasteiger charge is -2.54. The van der Waals surface area contributed by atoms with Crippen LogP contribution in [0.25, 0.3) is 22.2 Å². The number of carbonyl (C=O) groups excluding carboxylic acids is 5. The molecule has 23 heteroatoms. The molecule has 8 rings (SSSR count). The summed E-state index contributed by atoms with van der Waals surface area (Å²) in [7, 11) is 1.83. The number of nitrogens with zero attached hydrogens (tertiary/aromatic N) is 11. The summed E-state index contributed by atoms with van der Waals surface area (Å²) in [6, 6.07) is 7.80. The summed E-state index contributed by atoms with van der Waals surface area (Å²) < 4.78 is 19.4. The minimum atomic E-state index is -0.679. The maximum absolute atomic E-state index is 13.9. The van der Waals surface area contributed by atoms with Gasteiger partial charge in [-0.3, -0.25) is 53.4 Å². The highest BCUT2D eigenvalue weighted by molar-refractivity contribution is 6.05. The second kappa shape index (κ2) is 21.5. The van der Waals surface area contributed by atoms with Crippen molar-refractivity contribution in [1.82, 2.24) is 58.8 Å². The Morgan fingerprint density at radius 3 is 2.01 bits per heavy atom. The molecule has 0 radical (unpaired) electrons. The second-order valence-electron chi connectivity index (χ2n) is 18.8. The van der Waals surface area contributed by atoms with Crippen molar-refractivity contribution in [3.05, 3.63) is 82.6 Å². The summed E-state index contributed by atoms with van der Waals surface area (Å²) in [5.41, 5.74) is 14.9. The average molecular weight is 989 g/mol. The Balaban J connectivity index is 1.04. The van der Waals surface area contributed by atoms with Crippen LogP contribution in [0.1, 0.15) is 93.6 Å². The van der Waals surface area contributed by atoms with Crippen molar-refractivity contribution in [2.45, 2.75) is 92.2 Å². The Morgan fingerprint density at radius 1 is 0.819 bits per heavy atom.